The van der Waals surface area contributed by atoms with E-state index in [9.17, 15) is 0 Å². The van der Waals surface area contributed by atoms with Crippen LogP contribution in [0.15, 0.2) is 24.3 Å². The Bertz CT molecular complexity index is 363. The molecule has 1 N–H and O–H groups in total. The van der Waals surface area contributed by atoms with E-state index in [1.807, 2.05) is 18.2 Å². The maximum Gasteiger partial charge on any atom is 0.123 e. The number of hydrogen-bond donors (Lipinski definition) is 1. The monoisotopic (exact) mass is 253 g/mol. The first-order chi connectivity index (χ1) is 8.29. The van der Waals surface area contributed by atoms with Crippen molar-refractivity contribution in [1.82, 2.24) is 5.32 Å². The number of ether oxygens (including phenoxy) is 1. The zero-order valence-corrected chi connectivity index (χ0v) is 11.1. The maximum absolute atomic E-state index is 5.82. The van der Waals surface area contributed by atoms with Crippen molar-refractivity contribution in [3.05, 3.63) is 29.8 Å². The number of rotatable bonds is 7. The zero-order chi connectivity index (χ0) is 12.1. The molecule has 3 heteroatoms. The van der Waals surface area contributed by atoms with E-state index in [-0.39, 0.29) is 0 Å². The Morgan fingerprint density at radius 1 is 1.35 bits per heavy atom. The highest BCUT2D eigenvalue weighted by Gasteiger charge is 2.41. The Kier molecular flexibility index (Phi) is 4.30. The normalized spacial score (nSPS) is 16.8. The summed E-state index contributed by atoms with van der Waals surface area (Å²) in [6, 6.07) is 8.15. The molecule has 2 nitrogen and oxygen atoms in total. The molecule has 1 aromatic rings. The van der Waals surface area contributed by atoms with Crippen molar-refractivity contribution in [2.45, 2.75) is 25.8 Å². The third-order valence-electron chi connectivity index (χ3n) is 3.59. The van der Waals surface area contributed by atoms with Crippen molar-refractivity contribution in [3.8, 4) is 5.75 Å². The minimum atomic E-state index is 0.490. The number of hydrogen-bond acceptors (Lipinski definition) is 2. The van der Waals surface area contributed by atoms with Crippen LogP contribution < -0.4 is 10.1 Å². The van der Waals surface area contributed by atoms with E-state index in [0.717, 1.165) is 31.1 Å². The molecule has 0 amide bonds. The number of halogens is 1. The summed E-state index contributed by atoms with van der Waals surface area (Å²) in [5, 5.41) is 3.53. The summed E-state index contributed by atoms with van der Waals surface area (Å²) in [7, 11) is 1.72. The van der Waals surface area contributed by atoms with E-state index in [1.165, 1.54) is 18.4 Å². The van der Waals surface area contributed by atoms with Crippen LogP contribution in [0, 0.1) is 5.41 Å². The van der Waals surface area contributed by atoms with Gasteiger partial charge in [0.15, 0.2) is 0 Å². The lowest BCUT2D eigenvalue weighted by Gasteiger charge is -2.15. The third kappa shape index (κ3) is 3.36. The van der Waals surface area contributed by atoms with Gasteiger partial charge >= 0.3 is 0 Å². The second kappa shape index (κ2) is 5.74. The summed E-state index contributed by atoms with van der Waals surface area (Å²) in [4.78, 5) is 0. The van der Waals surface area contributed by atoms with Crippen LogP contribution >= 0.6 is 11.6 Å². The van der Waals surface area contributed by atoms with E-state index < -0.39 is 0 Å². The molecule has 0 saturated heterocycles. The van der Waals surface area contributed by atoms with Gasteiger partial charge in [-0.15, -0.1) is 11.6 Å². The average Bonchev–Trinajstić information content (AvgIpc) is 3.10. The second-order valence-corrected chi connectivity index (χ2v) is 5.23. The molecule has 1 aliphatic carbocycles. The van der Waals surface area contributed by atoms with Gasteiger partial charge in [0.05, 0.1) is 7.11 Å². The molecule has 0 spiro atoms. The van der Waals surface area contributed by atoms with E-state index in [0.29, 0.717) is 5.41 Å². The fourth-order valence-corrected chi connectivity index (χ4v) is 2.60. The lowest BCUT2D eigenvalue weighted by molar-refractivity contribution is 0.402. The van der Waals surface area contributed by atoms with Gasteiger partial charge in [-0.2, -0.15) is 0 Å². The highest BCUT2D eigenvalue weighted by Crippen LogP contribution is 2.48. The highest BCUT2D eigenvalue weighted by molar-refractivity contribution is 6.17. The molecule has 0 heterocycles. The largest absolute Gasteiger partial charge is 0.496 e. The Morgan fingerprint density at radius 3 is 2.76 bits per heavy atom. The van der Waals surface area contributed by atoms with Gasteiger partial charge in [0, 0.05) is 24.5 Å². The molecule has 0 unspecified atom stereocenters. The van der Waals surface area contributed by atoms with Crippen molar-refractivity contribution >= 4 is 11.6 Å². The van der Waals surface area contributed by atoms with Gasteiger partial charge in [-0.05, 0) is 30.7 Å². The molecule has 0 atom stereocenters. The van der Waals surface area contributed by atoms with Gasteiger partial charge in [0.2, 0.25) is 0 Å². The molecule has 17 heavy (non-hydrogen) atoms. The predicted octanol–water partition coefficient (Wildman–Crippen LogP) is 3.19. The van der Waals surface area contributed by atoms with Gasteiger partial charge in [0.1, 0.15) is 5.75 Å². The summed E-state index contributed by atoms with van der Waals surface area (Å²) >= 11 is 5.82. The fourth-order valence-electron chi connectivity index (χ4n) is 2.20. The van der Waals surface area contributed by atoms with Crippen LogP contribution in [0.2, 0.25) is 0 Å². The predicted molar refractivity (Wildman–Crippen MR) is 71.7 cm³/mol. The van der Waals surface area contributed by atoms with Gasteiger partial charge in [0.25, 0.3) is 0 Å². The fraction of sp³-hybridized carbons (Fsp3) is 0.571. The molecule has 0 aromatic heterocycles. The Labute approximate surface area is 108 Å². The standard InChI is InChI=1S/C14H20ClNO/c1-17-13-5-3-2-4-12(13)10-16-11-14(6-7-14)8-9-15/h2-5,16H,6-11H2,1H3. The maximum atomic E-state index is 5.82. The first kappa shape index (κ1) is 12.7. The Balaban J connectivity index is 1.82. The van der Waals surface area contributed by atoms with E-state index in [4.69, 9.17) is 16.3 Å². The summed E-state index contributed by atoms with van der Waals surface area (Å²) in [5.41, 5.74) is 1.71. The smallest absolute Gasteiger partial charge is 0.123 e. The zero-order valence-electron chi connectivity index (χ0n) is 10.3. The molecule has 1 fully saturated rings. The summed E-state index contributed by atoms with van der Waals surface area (Å²) < 4.78 is 5.33. The van der Waals surface area contributed by atoms with Crippen molar-refractivity contribution in [2.24, 2.45) is 5.41 Å². The van der Waals surface area contributed by atoms with Crippen molar-refractivity contribution in [3.63, 3.8) is 0 Å². The average molecular weight is 254 g/mol. The topological polar surface area (TPSA) is 21.3 Å². The second-order valence-electron chi connectivity index (χ2n) is 4.85. The van der Waals surface area contributed by atoms with Crippen molar-refractivity contribution in [2.75, 3.05) is 19.5 Å². The minimum Gasteiger partial charge on any atom is -0.496 e. The molecule has 1 aromatic carbocycles. The molecule has 0 aliphatic heterocycles. The SMILES string of the molecule is COc1ccccc1CNCC1(CCCl)CC1. The van der Waals surface area contributed by atoms with Gasteiger partial charge in [-0.1, -0.05) is 18.2 Å². The Morgan fingerprint density at radius 2 is 2.12 bits per heavy atom. The molecule has 0 radical (unpaired) electrons. The van der Waals surface area contributed by atoms with Crippen LogP contribution in [0.4, 0.5) is 0 Å². The number of para-hydroxylation sites is 1. The van der Waals surface area contributed by atoms with Crippen LogP contribution in [0.1, 0.15) is 24.8 Å². The Hall–Kier alpha value is -0.730. The van der Waals surface area contributed by atoms with E-state index >= 15 is 0 Å². The number of benzene rings is 1. The van der Waals surface area contributed by atoms with Crippen LogP contribution in [0.5, 0.6) is 5.75 Å². The van der Waals surface area contributed by atoms with Gasteiger partial charge in [-0.3, -0.25) is 0 Å². The van der Waals surface area contributed by atoms with Crippen molar-refractivity contribution in [1.29, 1.82) is 0 Å². The van der Waals surface area contributed by atoms with E-state index in [2.05, 4.69) is 11.4 Å². The summed E-state index contributed by atoms with van der Waals surface area (Å²) in [6.07, 6.45) is 3.77. The molecular weight excluding hydrogens is 234 g/mol. The van der Waals surface area contributed by atoms with Crippen LogP contribution in [-0.2, 0) is 6.54 Å². The molecule has 1 saturated carbocycles. The molecule has 2 rings (SSSR count). The molecule has 94 valence electrons. The number of methoxy groups -OCH3 is 1. The molecular formula is C14H20ClNO. The lowest BCUT2D eigenvalue weighted by Crippen LogP contribution is -2.24. The first-order valence-electron chi connectivity index (χ1n) is 6.18. The summed E-state index contributed by atoms with van der Waals surface area (Å²) in [6.45, 7) is 1.94. The number of nitrogens with one attached hydrogen (secondary N) is 1. The van der Waals surface area contributed by atoms with E-state index in [1.54, 1.807) is 7.11 Å². The number of alkyl halides is 1. The van der Waals surface area contributed by atoms with Gasteiger partial charge in [-0.25, -0.2) is 0 Å². The molecule has 1 aliphatic rings. The lowest BCUT2D eigenvalue weighted by atomic mass is 10.0. The molecule has 0 bridgehead atoms. The first-order valence-corrected chi connectivity index (χ1v) is 6.72. The summed E-state index contributed by atoms with van der Waals surface area (Å²) in [5.74, 6) is 1.73. The van der Waals surface area contributed by atoms with Crippen molar-refractivity contribution < 1.29 is 4.74 Å². The third-order valence-corrected chi connectivity index (χ3v) is 3.78. The minimum absolute atomic E-state index is 0.490. The van der Waals surface area contributed by atoms with Gasteiger partial charge < -0.3 is 10.1 Å². The van der Waals surface area contributed by atoms with Crippen LogP contribution in [0.3, 0.4) is 0 Å². The van der Waals surface area contributed by atoms with Crippen LogP contribution in [-0.4, -0.2) is 19.5 Å². The van der Waals surface area contributed by atoms with Crippen LogP contribution in [0.25, 0.3) is 0 Å². The quantitative estimate of drug-likeness (QED) is 0.754. The highest BCUT2D eigenvalue weighted by atomic mass is 35.5.